The highest BCUT2D eigenvalue weighted by Crippen LogP contribution is 2.28. The van der Waals surface area contributed by atoms with E-state index >= 15 is 0 Å². The van der Waals surface area contributed by atoms with Gasteiger partial charge in [0.2, 0.25) is 0 Å². The normalized spacial score (nSPS) is 14.2. The van der Waals surface area contributed by atoms with Gasteiger partial charge in [0.15, 0.2) is 0 Å². The molecule has 3 N–H and O–H groups in total. The predicted octanol–water partition coefficient (Wildman–Crippen LogP) is 2.09. The molecule has 2 heterocycles. The summed E-state index contributed by atoms with van der Waals surface area (Å²) < 4.78 is 15.3. The molecule has 122 valence electrons. The first kappa shape index (κ1) is 15.7. The number of hydrogen-bond acceptors (Lipinski definition) is 3. The van der Waals surface area contributed by atoms with Gasteiger partial charge in [0.05, 0.1) is 23.6 Å². The number of hydrogen-bond donors (Lipinski definition) is 2. The number of imidazole rings is 1. The molecule has 1 atom stereocenters. The summed E-state index contributed by atoms with van der Waals surface area (Å²) in [7, 11) is 0. The lowest BCUT2D eigenvalue weighted by atomic mass is 9.94. The first-order valence-corrected chi connectivity index (χ1v) is 7.87. The van der Waals surface area contributed by atoms with E-state index in [1.165, 1.54) is 6.07 Å². The number of nitrogens with zero attached hydrogens (tertiary/aromatic N) is 2. The average molecular weight is 317 g/mol. The van der Waals surface area contributed by atoms with Crippen LogP contribution in [0.15, 0.2) is 24.5 Å². The van der Waals surface area contributed by atoms with Crippen molar-refractivity contribution in [2.75, 3.05) is 6.54 Å². The zero-order chi connectivity index (χ0) is 16.4. The van der Waals surface area contributed by atoms with Crippen molar-refractivity contribution < 1.29 is 14.3 Å². The third-order valence-corrected chi connectivity index (χ3v) is 4.43. The fourth-order valence-corrected chi connectivity index (χ4v) is 3.21. The second-order valence-electron chi connectivity index (χ2n) is 5.95. The van der Waals surface area contributed by atoms with E-state index in [0.717, 1.165) is 35.5 Å². The minimum atomic E-state index is -0.807. The average Bonchev–Trinajstić information content (AvgIpc) is 2.94. The molecule has 0 radical (unpaired) electrons. The Morgan fingerprint density at radius 3 is 3.00 bits per heavy atom. The number of carboxylic acid groups (broad SMARTS) is 1. The summed E-state index contributed by atoms with van der Waals surface area (Å²) in [5.74, 6) is -1.51. The maximum atomic E-state index is 13.4. The molecule has 1 aliphatic heterocycles. The van der Waals surface area contributed by atoms with Gasteiger partial charge in [-0.25, -0.2) is 9.37 Å². The Kier molecular flexibility index (Phi) is 4.43. The van der Waals surface area contributed by atoms with Crippen LogP contribution >= 0.6 is 0 Å². The van der Waals surface area contributed by atoms with E-state index in [-0.39, 0.29) is 5.82 Å². The van der Waals surface area contributed by atoms with Crippen molar-refractivity contribution in [2.45, 2.75) is 32.1 Å². The summed E-state index contributed by atoms with van der Waals surface area (Å²) in [6, 6.07) is 4.75. The number of halogens is 1. The number of aliphatic carboxylic acids is 1. The topological polar surface area (TPSA) is 81.1 Å². The molecule has 0 bridgehead atoms. The number of carboxylic acids is 1. The zero-order valence-corrected chi connectivity index (χ0v) is 12.8. The van der Waals surface area contributed by atoms with Gasteiger partial charge < -0.3 is 15.4 Å². The maximum absolute atomic E-state index is 13.4. The van der Waals surface area contributed by atoms with E-state index in [1.54, 1.807) is 18.5 Å². The van der Waals surface area contributed by atoms with Crippen molar-refractivity contribution in [3.8, 4) is 5.69 Å². The van der Waals surface area contributed by atoms with E-state index in [2.05, 4.69) is 4.98 Å². The van der Waals surface area contributed by atoms with Gasteiger partial charge in [0.1, 0.15) is 5.82 Å². The standard InChI is InChI=1S/C17H20FN3O2/c18-13-4-6-15-11(8-13)3-5-16-14(20-10-21(15)16)9-12(17(22)23)2-1-7-19/h4,6,8,10,12H,1-3,5,7,9,19H2,(H,22,23)/t12-/m0/s1. The lowest BCUT2D eigenvalue weighted by Gasteiger charge is -2.20. The molecule has 6 heteroatoms. The highest BCUT2D eigenvalue weighted by Gasteiger charge is 2.24. The van der Waals surface area contributed by atoms with Gasteiger partial charge in [-0.3, -0.25) is 4.79 Å². The summed E-state index contributed by atoms with van der Waals surface area (Å²) in [6.07, 6.45) is 4.85. The summed E-state index contributed by atoms with van der Waals surface area (Å²) >= 11 is 0. The molecule has 0 unspecified atom stereocenters. The smallest absolute Gasteiger partial charge is 0.306 e. The monoisotopic (exact) mass is 317 g/mol. The Morgan fingerprint density at radius 1 is 1.43 bits per heavy atom. The van der Waals surface area contributed by atoms with Crippen LogP contribution in [0, 0.1) is 11.7 Å². The van der Waals surface area contributed by atoms with Crippen molar-refractivity contribution in [3.63, 3.8) is 0 Å². The zero-order valence-electron chi connectivity index (χ0n) is 12.8. The summed E-state index contributed by atoms with van der Waals surface area (Å²) in [4.78, 5) is 15.8. The largest absolute Gasteiger partial charge is 0.481 e. The molecule has 0 aliphatic carbocycles. The fraction of sp³-hybridized carbons (Fsp3) is 0.412. The van der Waals surface area contributed by atoms with Crippen molar-refractivity contribution in [1.29, 1.82) is 0 Å². The quantitative estimate of drug-likeness (QED) is 0.855. The van der Waals surface area contributed by atoms with E-state index in [0.29, 0.717) is 25.8 Å². The number of aromatic nitrogens is 2. The Bertz CT molecular complexity index is 727. The van der Waals surface area contributed by atoms with E-state index < -0.39 is 11.9 Å². The van der Waals surface area contributed by atoms with Gasteiger partial charge in [-0.2, -0.15) is 0 Å². The van der Waals surface area contributed by atoms with Gasteiger partial charge in [0.25, 0.3) is 0 Å². The number of rotatable bonds is 6. The molecule has 0 fully saturated rings. The molecule has 3 rings (SSSR count). The number of fused-ring (bicyclic) bond motifs is 3. The minimum Gasteiger partial charge on any atom is -0.481 e. The first-order valence-electron chi connectivity index (χ1n) is 7.87. The third kappa shape index (κ3) is 3.12. The van der Waals surface area contributed by atoms with Crippen LogP contribution < -0.4 is 5.73 Å². The van der Waals surface area contributed by atoms with E-state index in [4.69, 9.17) is 5.73 Å². The third-order valence-electron chi connectivity index (χ3n) is 4.43. The Hall–Kier alpha value is -2.21. The molecule has 2 aromatic rings. The lowest BCUT2D eigenvalue weighted by molar-refractivity contribution is -0.142. The highest BCUT2D eigenvalue weighted by atomic mass is 19.1. The van der Waals surface area contributed by atoms with Gasteiger partial charge >= 0.3 is 5.97 Å². The van der Waals surface area contributed by atoms with Crippen LogP contribution in [0.1, 0.15) is 29.8 Å². The van der Waals surface area contributed by atoms with E-state index in [1.807, 2.05) is 4.57 Å². The summed E-state index contributed by atoms with van der Waals surface area (Å²) in [5.41, 5.74) is 9.23. The number of benzene rings is 1. The Balaban J connectivity index is 1.87. The molecule has 0 spiro atoms. The molecule has 1 aliphatic rings. The van der Waals surface area contributed by atoms with Crippen molar-refractivity contribution >= 4 is 5.97 Å². The molecular weight excluding hydrogens is 297 g/mol. The first-order chi connectivity index (χ1) is 11.1. The Morgan fingerprint density at radius 2 is 2.26 bits per heavy atom. The van der Waals surface area contributed by atoms with E-state index in [9.17, 15) is 14.3 Å². The SMILES string of the molecule is NCCC[C@@H](Cc1ncn2c1CCc1cc(F)ccc1-2)C(=O)O. The molecule has 0 amide bonds. The van der Waals surface area contributed by atoms with Crippen molar-refractivity contribution in [3.05, 3.63) is 47.3 Å². The van der Waals surface area contributed by atoms with Crippen LogP contribution in [0.4, 0.5) is 4.39 Å². The van der Waals surface area contributed by atoms with Crippen LogP contribution in [0.3, 0.4) is 0 Å². The summed E-state index contributed by atoms with van der Waals surface area (Å²) in [5, 5.41) is 9.37. The molecule has 0 saturated heterocycles. The van der Waals surface area contributed by atoms with Crippen LogP contribution in [0.2, 0.25) is 0 Å². The fourth-order valence-electron chi connectivity index (χ4n) is 3.21. The molecule has 1 aromatic heterocycles. The minimum absolute atomic E-state index is 0.236. The van der Waals surface area contributed by atoms with Gasteiger partial charge in [-0.05, 0) is 56.0 Å². The molecule has 1 aromatic carbocycles. The van der Waals surface area contributed by atoms with Crippen LogP contribution in [-0.4, -0.2) is 27.2 Å². The van der Waals surface area contributed by atoms with Gasteiger partial charge in [0, 0.05) is 12.1 Å². The number of aryl methyl sites for hydroxylation is 1. The number of nitrogens with two attached hydrogens (primary N) is 1. The molecule has 5 nitrogen and oxygen atoms in total. The highest BCUT2D eigenvalue weighted by molar-refractivity contribution is 5.70. The number of carbonyl (C=O) groups is 1. The maximum Gasteiger partial charge on any atom is 0.306 e. The molecule has 0 saturated carbocycles. The second-order valence-corrected chi connectivity index (χ2v) is 5.95. The van der Waals surface area contributed by atoms with Gasteiger partial charge in [-0.1, -0.05) is 0 Å². The van der Waals surface area contributed by atoms with Crippen LogP contribution in [-0.2, 0) is 24.1 Å². The Labute approximate surface area is 134 Å². The van der Waals surface area contributed by atoms with Crippen LogP contribution in [0.25, 0.3) is 5.69 Å². The molecule has 23 heavy (non-hydrogen) atoms. The lowest BCUT2D eigenvalue weighted by Crippen LogP contribution is -2.20. The van der Waals surface area contributed by atoms with Crippen molar-refractivity contribution in [2.24, 2.45) is 11.7 Å². The van der Waals surface area contributed by atoms with Crippen LogP contribution in [0.5, 0.6) is 0 Å². The molecular formula is C17H20FN3O2. The second kappa shape index (κ2) is 6.50. The predicted molar refractivity (Wildman–Crippen MR) is 84.0 cm³/mol. The van der Waals surface area contributed by atoms with Crippen molar-refractivity contribution in [1.82, 2.24) is 9.55 Å². The van der Waals surface area contributed by atoms with Gasteiger partial charge in [-0.15, -0.1) is 0 Å². The summed E-state index contributed by atoms with van der Waals surface area (Å²) in [6.45, 7) is 0.490.